The number of sulfonamides is 1. The predicted molar refractivity (Wildman–Crippen MR) is 89.4 cm³/mol. The normalized spacial score (nSPS) is 13.7. The zero-order chi connectivity index (χ0) is 16.2. The average molecular weight is 399 g/mol. The second-order valence-electron chi connectivity index (χ2n) is 4.62. The minimum atomic E-state index is -3.90. The lowest BCUT2D eigenvalue weighted by Gasteiger charge is -2.26. The molecule has 0 amide bonds. The third-order valence-corrected chi connectivity index (χ3v) is 6.39. The highest BCUT2D eigenvalue weighted by atomic mass is 79.9. The van der Waals surface area contributed by atoms with Gasteiger partial charge in [-0.2, -0.15) is 16.1 Å². The maximum Gasteiger partial charge on any atom is 0.246 e. The number of nitrogens with zero attached hydrogens (tertiary/aromatic N) is 1. The molecule has 0 aliphatic rings. The highest BCUT2D eigenvalue weighted by Gasteiger charge is 2.30. The Hall–Kier alpha value is -0.150. The van der Waals surface area contributed by atoms with Gasteiger partial charge in [-0.25, -0.2) is 12.8 Å². The molecule has 1 rings (SSSR count). The van der Waals surface area contributed by atoms with Crippen LogP contribution in [0.2, 0.25) is 0 Å². The van der Waals surface area contributed by atoms with Gasteiger partial charge in [0.2, 0.25) is 10.0 Å². The predicted octanol–water partition coefficient (Wildman–Crippen LogP) is 2.81. The fourth-order valence-electron chi connectivity index (χ4n) is 1.98. The van der Waals surface area contributed by atoms with Gasteiger partial charge >= 0.3 is 0 Å². The molecule has 0 aliphatic heterocycles. The molecule has 0 aromatic heterocycles. The SMILES string of the molecule is CCC(CSC)N(C)S(=O)(=O)c1cc(Br)cc(CN)c1F. The second kappa shape index (κ2) is 7.92. The lowest BCUT2D eigenvalue weighted by molar-refractivity contribution is 0.382. The van der Waals surface area contributed by atoms with Crippen LogP contribution in [0.1, 0.15) is 18.9 Å². The van der Waals surface area contributed by atoms with Crippen LogP contribution < -0.4 is 5.73 Å². The first kappa shape index (κ1) is 18.9. The van der Waals surface area contributed by atoms with E-state index in [1.165, 1.54) is 23.5 Å². The van der Waals surface area contributed by atoms with E-state index >= 15 is 0 Å². The van der Waals surface area contributed by atoms with Crippen molar-refractivity contribution in [2.24, 2.45) is 5.73 Å². The summed E-state index contributed by atoms with van der Waals surface area (Å²) in [6, 6.07) is 2.60. The van der Waals surface area contributed by atoms with Gasteiger partial charge in [0.1, 0.15) is 10.7 Å². The molecule has 21 heavy (non-hydrogen) atoms. The Kier molecular flexibility index (Phi) is 7.12. The zero-order valence-corrected chi connectivity index (χ0v) is 15.5. The van der Waals surface area contributed by atoms with E-state index in [-0.39, 0.29) is 23.0 Å². The number of nitrogens with two attached hydrogens (primary N) is 1. The van der Waals surface area contributed by atoms with Crippen LogP contribution in [-0.2, 0) is 16.6 Å². The molecule has 1 atom stereocenters. The minimum Gasteiger partial charge on any atom is -0.326 e. The van der Waals surface area contributed by atoms with E-state index in [9.17, 15) is 12.8 Å². The number of thioether (sulfide) groups is 1. The fourth-order valence-corrected chi connectivity index (χ4v) is 5.13. The molecule has 0 saturated heterocycles. The molecule has 0 spiro atoms. The van der Waals surface area contributed by atoms with E-state index in [4.69, 9.17) is 5.73 Å². The van der Waals surface area contributed by atoms with Gasteiger partial charge < -0.3 is 5.73 Å². The highest BCUT2D eigenvalue weighted by molar-refractivity contribution is 9.10. The summed E-state index contributed by atoms with van der Waals surface area (Å²) in [5.41, 5.74) is 5.64. The number of halogens is 2. The van der Waals surface area contributed by atoms with Crippen molar-refractivity contribution in [1.29, 1.82) is 0 Å². The third-order valence-electron chi connectivity index (χ3n) is 3.30. The Morgan fingerprint density at radius 2 is 2.10 bits per heavy atom. The monoisotopic (exact) mass is 398 g/mol. The van der Waals surface area contributed by atoms with Crippen LogP contribution in [-0.4, -0.2) is 37.8 Å². The molecule has 0 heterocycles. The molecule has 4 nitrogen and oxygen atoms in total. The van der Waals surface area contributed by atoms with Gasteiger partial charge in [0.15, 0.2) is 0 Å². The molecule has 0 bridgehead atoms. The number of hydrogen-bond donors (Lipinski definition) is 1. The Labute approximate surface area is 138 Å². The molecule has 0 radical (unpaired) electrons. The van der Waals surface area contributed by atoms with Crippen LogP contribution in [0.25, 0.3) is 0 Å². The van der Waals surface area contributed by atoms with Crippen molar-refractivity contribution in [3.63, 3.8) is 0 Å². The molecule has 1 aromatic rings. The summed E-state index contributed by atoms with van der Waals surface area (Å²) < 4.78 is 41.4. The Bertz CT molecular complexity index is 596. The summed E-state index contributed by atoms with van der Waals surface area (Å²) in [4.78, 5) is -0.334. The summed E-state index contributed by atoms with van der Waals surface area (Å²) in [6.07, 6.45) is 2.57. The first-order valence-corrected chi connectivity index (χ1v) is 10.1. The van der Waals surface area contributed by atoms with Gasteiger partial charge in [-0.1, -0.05) is 22.9 Å². The van der Waals surface area contributed by atoms with Crippen molar-refractivity contribution < 1.29 is 12.8 Å². The molecular weight excluding hydrogens is 379 g/mol. The van der Waals surface area contributed by atoms with Crippen molar-refractivity contribution >= 4 is 37.7 Å². The van der Waals surface area contributed by atoms with E-state index < -0.39 is 15.8 Å². The molecule has 8 heteroatoms. The standard InChI is InChI=1S/C13H20BrFN2O2S2/c1-4-11(8-20-3)17(2)21(18,19)12-6-10(14)5-9(7-16)13(12)15/h5-6,11H,4,7-8,16H2,1-3H3. The van der Waals surface area contributed by atoms with E-state index in [1.807, 2.05) is 13.2 Å². The minimum absolute atomic E-state index is 0.0560. The van der Waals surface area contributed by atoms with Crippen LogP contribution in [0.15, 0.2) is 21.5 Å². The topological polar surface area (TPSA) is 63.4 Å². The smallest absolute Gasteiger partial charge is 0.246 e. The van der Waals surface area contributed by atoms with Crippen LogP contribution in [0.3, 0.4) is 0 Å². The molecule has 1 unspecified atom stereocenters. The molecule has 0 saturated carbocycles. The summed E-state index contributed by atoms with van der Waals surface area (Å²) >= 11 is 4.76. The summed E-state index contributed by atoms with van der Waals surface area (Å²) in [6.45, 7) is 1.86. The van der Waals surface area contributed by atoms with Crippen molar-refractivity contribution in [2.75, 3.05) is 19.1 Å². The van der Waals surface area contributed by atoms with Crippen molar-refractivity contribution in [3.05, 3.63) is 28.0 Å². The van der Waals surface area contributed by atoms with E-state index in [2.05, 4.69) is 15.9 Å². The summed E-state index contributed by atoms with van der Waals surface area (Å²) in [5, 5.41) is 0. The Morgan fingerprint density at radius 1 is 1.48 bits per heavy atom. The van der Waals surface area contributed by atoms with Crippen LogP contribution in [0.5, 0.6) is 0 Å². The van der Waals surface area contributed by atoms with Crippen molar-refractivity contribution in [1.82, 2.24) is 4.31 Å². The molecule has 2 N–H and O–H groups in total. The van der Waals surface area contributed by atoms with Crippen LogP contribution in [0.4, 0.5) is 4.39 Å². The maximum atomic E-state index is 14.4. The van der Waals surface area contributed by atoms with E-state index in [0.717, 1.165) is 0 Å². The Morgan fingerprint density at radius 3 is 2.57 bits per heavy atom. The second-order valence-corrected chi connectivity index (χ2v) is 8.41. The van der Waals surface area contributed by atoms with Gasteiger partial charge in [-0.15, -0.1) is 0 Å². The van der Waals surface area contributed by atoms with Gasteiger partial charge in [0.25, 0.3) is 0 Å². The summed E-state index contributed by atoms with van der Waals surface area (Å²) in [7, 11) is -2.41. The summed E-state index contributed by atoms with van der Waals surface area (Å²) in [5.74, 6) is -0.113. The Balaban J connectivity index is 3.33. The van der Waals surface area contributed by atoms with E-state index in [1.54, 1.807) is 11.8 Å². The first-order valence-electron chi connectivity index (χ1n) is 6.44. The van der Waals surface area contributed by atoms with E-state index in [0.29, 0.717) is 16.6 Å². The van der Waals surface area contributed by atoms with Crippen molar-refractivity contribution in [3.8, 4) is 0 Å². The third kappa shape index (κ3) is 4.19. The molecule has 0 fully saturated rings. The lowest BCUT2D eigenvalue weighted by Crippen LogP contribution is -2.38. The maximum absolute atomic E-state index is 14.4. The van der Waals surface area contributed by atoms with Gasteiger partial charge in [0, 0.05) is 35.4 Å². The fraction of sp³-hybridized carbons (Fsp3) is 0.538. The zero-order valence-electron chi connectivity index (χ0n) is 12.3. The van der Waals surface area contributed by atoms with Crippen LogP contribution >= 0.6 is 27.7 Å². The molecule has 1 aromatic carbocycles. The number of benzene rings is 1. The van der Waals surface area contributed by atoms with Gasteiger partial charge in [-0.05, 0) is 24.8 Å². The van der Waals surface area contributed by atoms with Gasteiger partial charge in [0.05, 0.1) is 0 Å². The average Bonchev–Trinajstić information content (AvgIpc) is 2.45. The highest BCUT2D eigenvalue weighted by Crippen LogP contribution is 2.27. The largest absolute Gasteiger partial charge is 0.326 e. The number of hydrogen-bond acceptors (Lipinski definition) is 4. The van der Waals surface area contributed by atoms with Gasteiger partial charge in [-0.3, -0.25) is 0 Å². The quantitative estimate of drug-likeness (QED) is 0.766. The van der Waals surface area contributed by atoms with Crippen LogP contribution in [0, 0.1) is 5.82 Å². The first-order chi connectivity index (χ1) is 9.79. The molecular formula is C13H20BrFN2O2S2. The number of rotatable bonds is 7. The van der Waals surface area contributed by atoms with Crippen molar-refractivity contribution in [2.45, 2.75) is 30.8 Å². The molecule has 0 aliphatic carbocycles. The molecule has 120 valence electrons. The lowest BCUT2D eigenvalue weighted by atomic mass is 10.2.